The van der Waals surface area contributed by atoms with Gasteiger partial charge in [0.15, 0.2) is 5.58 Å². The molecule has 0 amide bonds. The lowest BCUT2D eigenvalue weighted by molar-refractivity contribution is -0.147. The van der Waals surface area contributed by atoms with E-state index in [2.05, 4.69) is 0 Å². The molecule has 26 heavy (non-hydrogen) atoms. The number of hydrogen-bond acceptors (Lipinski definition) is 5. The third kappa shape index (κ3) is 4.08. The normalized spacial score (nSPS) is 12.1. The molecule has 1 aromatic heterocycles. The van der Waals surface area contributed by atoms with Crippen molar-refractivity contribution in [1.29, 1.82) is 0 Å². The van der Waals surface area contributed by atoms with Crippen molar-refractivity contribution in [2.45, 2.75) is 19.4 Å². The van der Waals surface area contributed by atoms with Crippen LogP contribution in [0.4, 0.5) is 0 Å². The molecule has 0 fully saturated rings. The van der Waals surface area contributed by atoms with Gasteiger partial charge in [-0.05, 0) is 43.3 Å². The molecule has 6 nitrogen and oxygen atoms in total. The quantitative estimate of drug-likeness (QED) is 0.463. The highest BCUT2D eigenvalue weighted by Gasteiger charge is 2.22. The predicted molar refractivity (Wildman–Crippen MR) is 97.7 cm³/mol. The zero-order valence-electron chi connectivity index (χ0n) is 14.2. The molecule has 1 unspecified atom stereocenters. The Hall–Kier alpha value is -2.73. The van der Waals surface area contributed by atoms with Crippen LogP contribution in [0.5, 0.6) is 5.75 Å². The Bertz CT molecular complexity index is 944. The molecule has 0 aliphatic rings. The Morgan fingerprint density at radius 1 is 1.15 bits per heavy atom. The minimum absolute atomic E-state index is 0.196. The largest absolute Gasteiger partial charge is 0.493 e. The molecule has 0 saturated heterocycles. The highest BCUT2D eigenvalue weighted by Crippen LogP contribution is 2.18. The van der Waals surface area contributed by atoms with E-state index in [1.165, 1.54) is 4.57 Å². The van der Waals surface area contributed by atoms with Gasteiger partial charge in [0.2, 0.25) is 0 Å². The summed E-state index contributed by atoms with van der Waals surface area (Å²) < 4.78 is 17.2. The second kappa shape index (κ2) is 8.10. The summed E-state index contributed by atoms with van der Waals surface area (Å²) in [5.41, 5.74) is 1.00. The molecule has 3 rings (SSSR count). The van der Waals surface area contributed by atoms with Crippen molar-refractivity contribution in [3.05, 3.63) is 64.1 Å². The standard InChI is InChI=1S/C19H18ClNO5/c1-13(21-16-5-2-3-6-17(16)26-19(21)23)18(22)25-12-4-11-24-15-9-7-14(20)8-10-15/h2-3,5-10,13H,4,11-12H2,1H3. The fraction of sp³-hybridized carbons (Fsp3) is 0.263. The fourth-order valence-electron chi connectivity index (χ4n) is 2.53. The molecule has 136 valence electrons. The molecule has 1 atom stereocenters. The van der Waals surface area contributed by atoms with E-state index in [4.69, 9.17) is 25.5 Å². The van der Waals surface area contributed by atoms with Crippen LogP contribution in [0, 0.1) is 0 Å². The molecule has 2 aromatic carbocycles. The lowest BCUT2D eigenvalue weighted by Crippen LogP contribution is -2.26. The highest BCUT2D eigenvalue weighted by atomic mass is 35.5. The average Bonchev–Trinajstić information content (AvgIpc) is 2.97. The molecule has 7 heteroatoms. The van der Waals surface area contributed by atoms with Gasteiger partial charge in [-0.15, -0.1) is 0 Å². The molecule has 1 heterocycles. The van der Waals surface area contributed by atoms with Crippen molar-refractivity contribution in [3.63, 3.8) is 0 Å². The van der Waals surface area contributed by atoms with Gasteiger partial charge in [-0.25, -0.2) is 9.59 Å². The number of benzene rings is 2. The number of oxazole rings is 1. The van der Waals surface area contributed by atoms with Crippen molar-refractivity contribution in [1.82, 2.24) is 4.57 Å². The molecule has 0 radical (unpaired) electrons. The van der Waals surface area contributed by atoms with Crippen LogP contribution in [0.3, 0.4) is 0 Å². The van der Waals surface area contributed by atoms with Gasteiger partial charge in [0.1, 0.15) is 11.8 Å². The number of esters is 1. The van der Waals surface area contributed by atoms with E-state index in [0.717, 1.165) is 0 Å². The van der Waals surface area contributed by atoms with Crippen LogP contribution in [0.25, 0.3) is 11.1 Å². The third-order valence-corrected chi connectivity index (χ3v) is 4.11. The first kappa shape index (κ1) is 18.1. The van der Waals surface area contributed by atoms with E-state index in [1.807, 2.05) is 0 Å². The number of para-hydroxylation sites is 2. The van der Waals surface area contributed by atoms with Gasteiger partial charge >= 0.3 is 11.7 Å². The van der Waals surface area contributed by atoms with E-state index in [0.29, 0.717) is 34.9 Å². The second-order valence-corrected chi connectivity index (χ2v) is 6.14. The average molecular weight is 376 g/mol. The van der Waals surface area contributed by atoms with Crippen LogP contribution in [-0.2, 0) is 9.53 Å². The van der Waals surface area contributed by atoms with Crippen molar-refractivity contribution >= 4 is 28.7 Å². The van der Waals surface area contributed by atoms with Gasteiger partial charge in [0, 0.05) is 11.4 Å². The van der Waals surface area contributed by atoms with Crippen molar-refractivity contribution in [2.24, 2.45) is 0 Å². The van der Waals surface area contributed by atoms with Gasteiger partial charge in [-0.3, -0.25) is 4.57 Å². The Morgan fingerprint density at radius 3 is 2.65 bits per heavy atom. The maximum atomic E-state index is 12.2. The van der Waals surface area contributed by atoms with Gasteiger partial charge < -0.3 is 13.9 Å². The van der Waals surface area contributed by atoms with Crippen LogP contribution in [0.15, 0.2) is 57.7 Å². The van der Waals surface area contributed by atoms with E-state index in [-0.39, 0.29) is 6.61 Å². The molecule has 0 spiro atoms. The number of carbonyl (C=O) groups excluding carboxylic acids is 1. The number of aromatic nitrogens is 1. The number of nitrogens with zero attached hydrogens (tertiary/aromatic N) is 1. The summed E-state index contributed by atoms with van der Waals surface area (Å²) in [4.78, 5) is 24.2. The zero-order chi connectivity index (χ0) is 18.5. The Labute approximate surface area is 154 Å². The predicted octanol–water partition coefficient (Wildman–Crippen LogP) is 3.82. The lowest BCUT2D eigenvalue weighted by atomic mass is 10.3. The van der Waals surface area contributed by atoms with E-state index >= 15 is 0 Å². The monoisotopic (exact) mass is 375 g/mol. The van der Waals surface area contributed by atoms with Crippen LogP contribution in [0.1, 0.15) is 19.4 Å². The molecule has 0 bridgehead atoms. The minimum atomic E-state index is -0.775. The highest BCUT2D eigenvalue weighted by molar-refractivity contribution is 6.30. The first-order valence-electron chi connectivity index (χ1n) is 8.21. The summed E-state index contributed by atoms with van der Waals surface area (Å²) in [6, 6.07) is 13.2. The molecule has 0 aliphatic heterocycles. The molecule has 3 aromatic rings. The molecular formula is C19H18ClNO5. The van der Waals surface area contributed by atoms with Gasteiger partial charge in [0.05, 0.1) is 18.7 Å². The molecule has 0 N–H and O–H groups in total. The fourth-order valence-corrected chi connectivity index (χ4v) is 2.66. The number of ether oxygens (including phenoxy) is 2. The molecule has 0 aliphatic carbocycles. The number of hydrogen-bond donors (Lipinski definition) is 0. The van der Waals surface area contributed by atoms with Crippen molar-refractivity contribution < 1.29 is 18.7 Å². The first-order chi connectivity index (χ1) is 12.6. The molecular weight excluding hydrogens is 358 g/mol. The van der Waals surface area contributed by atoms with Crippen LogP contribution in [0.2, 0.25) is 5.02 Å². The molecule has 0 saturated carbocycles. The minimum Gasteiger partial charge on any atom is -0.493 e. The SMILES string of the molecule is CC(C(=O)OCCCOc1ccc(Cl)cc1)n1c(=O)oc2ccccc21. The lowest BCUT2D eigenvalue weighted by Gasteiger charge is -2.12. The number of rotatable bonds is 7. The topological polar surface area (TPSA) is 70.7 Å². The summed E-state index contributed by atoms with van der Waals surface area (Å²) in [5, 5.41) is 0.641. The number of carbonyl (C=O) groups is 1. The Morgan fingerprint density at radius 2 is 1.88 bits per heavy atom. The van der Waals surface area contributed by atoms with E-state index in [9.17, 15) is 9.59 Å². The summed E-state index contributed by atoms with van der Waals surface area (Å²) in [6.07, 6.45) is 0.530. The van der Waals surface area contributed by atoms with Crippen molar-refractivity contribution in [3.8, 4) is 5.75 Å². The van der Waals surface area contributed by atoms with Gasteiger partial charge in [0.25, 0.3) is 0 Å². The van der Waals surface area contributed by atoms with E-state index in [1.54, 1.807) is 55.5 Å². The Balaban J connectivity index is 1.50. The first-order valence-corrected chi connectivity index (χ1v) is 8.59. The maximum absolute atomic E-state index is 12.2. The second-order valence-electron chi connectivity index (χ2n) is 5.71. The number of halogens is 1. The van der Waals surface area contributed by atoms with Crippen LogP contribution in [-0.4, -0.2) is 23.8 Å². The third-order valence-electron chi connectivity index (χ3n) is 3.86. The van der Waals surface area contributed by atoms with Gasteiger partial charge in [-0.2, -0.15) is 0 Å². The van der Waals surface area contributed by atoms with Crippen LogP contribution < -0.4 is 10.5 Å². The van der Waals surface area contributed by atoms with E-state index < -0.39 is 17.8 Å². The summed E-state index contributed by atoms with van der Waals surface area (Å²) in [7, 11) is 0. The Kier molecular flexibility index (Phi) is 5.63. The van der Waals surface area contributed by atoms with Crippen molar-refractivity contribution in [2.75, 3.05) is 13.2 Å². The maximum Gasteiger partial charge on any atom is 0.420 e. The summed E-state index contributed by atoms with van der Waals surface area (Å²) in [6.45, 7) is 2.20. The zero-order valence-corrected chi connectivity index (χ0v) is 14.9. The summed E-state index contributed by atoms with van der Waals surface area (Å²) >= 11 is 5.81. The summed E-state index contributed by atoms with van der Waals surface area (Å²) in [5.74, 6) is -0.377. The number of fused-ring (bicyclic) bond motifs is 1. The van der Waals surface area contributed by atoms with Crippen LogP contribution >= 0.6 is 11.6 Å². The smallest absolute Gasteiger partial charge is 0.420 e. The van der Waals surface area contributed by atoms with Gasteiger partial charge in [-0.1, -0.05) is 23.7 Å².